The highest BCUT2D eigenvalue weighted by atomic mass is 16.2. The Hall–Kier alpha value is -2.75. The zero-order chi connectivity index (χ0) is 25.1. The number of benzene rings is 1. The molecule has 1 spiro atoms. The van der Waals surface area contributed by atoms with Crippen LogP contribution in [0.15, 0.2) is 41.5 Å². The number of amides is 2. The molecule has 1 saturated carbocycles. The van der Waals surface area contributed by atoms with Crippen molar-refractivity contribution in [2.24, 2.45) is 21.9 Å². The quantitative estimate of drug-likeness (QED) is 0.287. The molecule has 0 aromatic heterocycles. The van der Waals surface area contributed by atoms with Crippen LogP contribution in [0.25, 0.3) is 0 Å². The van der Waals surface area contributed by atoms with Crippen molar-refractivity contribution < 1.29 is 9.59 Å². The van der Waals surface area contributed by atoms with Gasteiger partial charge in [0, 0.05) is 63.5 Å². The van der Waals surface area contributed by atoms with Gasteiger partial charge >= 0.3 is 0 Å². The first-order chi connectivity index (χ1) is 16.7. The Morgan fingerprint density at radius 2 is 1.83 bits per heavy atom. The van der Waals surface area contributed by atoms with Gasteiger partial charge in [-0.05, 0) is 56.9 Å². The van der Waals surface area contributed by atoms with Gasteiger partial charge in [0.25, 0.3) is 0 Å². The standard InChI is InChI=1S/C26H39N7O2/c1-25(2,28)24(35)33-15-13-32(14-16-33)23(8-11-29-19-34)30-21-5-3-20(4-6-21)9-12-31-17-26(18-31)10-7-22(26)27/h3-6,8,11,19,22H,7,9-10,12-18,27-28H2,1-2H3,(H,29,34)/b11-8-,30-23?. The van der Waals surface area contributed by atoms with Gasteiger partial charge in [-0.2, -0.15) is 0 Å². The minimum absolute atomic E-state index is 0.0479. The fourth-order valence-corrected chi connectivity index (χ4v) is 5.19. The number of carbonyl (C=O) groups excluding carboxylic acids is 2. The predicted octanol–water partition coefficient (Wildman–Crippen LogP) is 0.823. The van der Waals surface area contributed by atoms with Gasteiger partial charge in [-0.1, -0.05) is 12.1 Å². The van der Waals surface area contributed by atoms with E-state index in [2.05, 4.69) is 27.2 Å². The third-order valence-corrected chi connectivity index (χ3v) is 7.55. The molecule has 5 N–H and O–H groups in total. The van der Waals surface area contributed by atoms with E-state index < -0.39 is 5.54 Å². The Balaban J connectivity index is 1.34. The van der Waals surface area contributed by atoms with Gasteiger partial charge in [0.1, 0.15) is 5.84 Å². The molecule has 3 fully saturated rings. The van der Waals surface area contributed by atoms with Crippen LogP contribution in [0.3, 0.4) is 0 Å². The Morgan fingerprint density at radius 3 is 2.37 bits per heavy atom. The van der Waals surface area contributed by atoms with Crippen LogP contribution in [0, 0.1) is 5.41 Å². The molecule has 9 nitrogen and oxygen atoms in total. The summed E-state index contributed by atoms with van der Waals surface area (Å²) >= 11 is 0. The lowest BCUT2D eigenvalue weighted by molar-refractivity contribution is -0.137. The van der Waals surface area contributed by atoms with E-state index in [1.807, 2.05) is 12.1 Å². The Bertz CT molecular complexity index is 953. The highest BCUT2D eigenvalue weighted by molar-refractivity contribution is 5.95. The van der Waals surface area contributed by atoms with Crippen molar-refractivity contribution >= 4 is 23.8 Å². The molecule has 2 aliphatic heterocycles. The van der Waals surface area contributed by atoms with Crippen LogP contribution in [0.1, 0.15) is 32.3 Å². The van der Waals surface area contributed by atoms with Crippen molar-refractivity contribution in [3.05, 3.63) is 42.1 Å². The highest BCUT2D eigenvalue weighted by Gasteiger charge is 2.52. The summed E-state index contributed by atoms with van der Waals surface area (Å²) in [6.07, 6.45) is 7.47. The molecule has 1 atom stereocenters. The molecule has 2 heterocycles. The third-order valence-electron chi connectivity index (χ3n) is 7.55. The summed E-state index contributed by atoms with van der Waals surface area (Å²) in [6, 6.07) is 8.73. The van der Waals surface area contributed by atoms with Crippen LogP contribution in [0.2, 0.25) is 0 Å². The van der Waals surface area contributed by atoms with E-state index in [0.717, 1.165) is 37.6 Å². The number of aliphatic imine (C=N–C) groups is 1. The number of likely N-dealkylation sites (tertiary alicyclic amines) is 1. The molecule has 1 aliphatic carbocycles. The van der Waals surface area contributed by atoms with Crippen molar-refractivity contribution in [2.75, 3.05) is 45.8 Å². The number of amidine groups is 1. The number of piperazine rings is 1. The molecule has 35 heavy (non-hydrogen) atoms. The van der Waals surface area contributed by atoms with Gasteiger partial charge < -0.3 is 31.5 Å². The minimum atomic E-state index is -0.879. The SMILES string of the molecule is CC(C)(N)C(=O)N1CCN(C(/C=C\NC=O)=Nc2ccc(CCN3CC4(CCC4N)C3)cc2)CC1. The normalized spacial score (nSPS) is 22.7. The van der Waals surface area contributed by atoms with E-state index in [-0.39, 0.29) is 5.91 Å². The molecule has 9 heteroatoms. The number of nitrogens with one attached hydrogen (secondary N) is 1. The second-order valence-corrected chi connectivity index (χ2v) is 10.7. The molecule has 1 aromatic carbocycles. The number of hydrogen-bond donors (Lipinski definition) is 3. The first-order valence-electron chi connectivity index (χ1n) is 12.6. The summed E-state index contributed by atoms with van der Waals surface area (Å²) in [5.74, 6) is 0.697. The van der Waals surface area contributed by atoms with Crippen LogP contribution < -0.4 is 16.8 Å². The van der Waals surface area contributed by atoms with Crippen molar-refractivity contribution in [1.29, 1.82) is 0 Å². The fraction of sp³-hybridized carbons (Fsp3) is 0.577. The molecule has 3 aliphatic rings. The topological polar surface area (TPSA) is 120 Å². The Labute approximate surface area is 208 Å². The van der Waals surface area contributed by atoms with Gasteiger partial charge in [-0.3, -0.25) is 9.59 Å². The molecule has 0 radical (unpaired) electrons. The monoisotopic (exact) mass is 481 g/mol. The first kappa shape index (κ1) is 25.3. The van der Waals surface area contributed by atoms with Crippen molar-refractivity contribution in [3.63, 3.8) is 0 Å². The van der Waals surface area contributed by atoms with Crippen LogP contribution in [0.4, 0.5) is 5.69 Å². The third kappa shape index (κ3) is 5.91. The van der Waals surface area contributed by atoms with E-state index in [1.54, 1.807) is 31.0 Å². The van der Waals surface area contributed by atoms with Gasteiger partial charge in [-0.25, -0.2) is 4.99 Å². The molecule has 1 aromatic rings. The first-order valence-corrected chi connectivity index (χ1v) is 12.6. The average molecular weight is 482 g/mol. The maximum absolute atomic E-state index is 12.5. The van der Waals surface area contributed by atoms with Gasteiger partial charge in [0.05, 0.1) is 11.2 Å². The smallest absolute Gasteiger partial charge is 0.242 e. The number of rotatable bonds is 8. The number of nitrogens with zero attached hydrogens (tertiary/aromatic N) is 4. The summed E-state index contributed by atoms with van der Waals surface area (Å²) in [5.41, 5.74) is 13.8. The van der Waals surface area contributed by atoms with Crippen molar-refractivity contribution in [1.82, 2.24) is 20.0 Å². The Kier molecular flexibility index (Phi) is 7.59. The fourth-order valence-electron chi connectivity index (χ4n) is 5.19. The van der Waals surface area contributed by atoms with Crippen LogP contribution in [-0.4, -0.2) is 90.2 Å². The lowest BCUT2D eigenvalue weighted by Gasteiger charge is -2.59. The molecule has 2 amide bonds. The maximum atomic E-state index is 12.5. The summed E-state index contributed by atoms with van der Waals surface area (Å²) < 4.78 is 0. The molecule has 0 bridgehead atoms. The molecule has 2 saturated heterocycles. The van der Waals surface area contributed by atoms with E-state index in [1.165, 1.54) is 18.4 Å². The number of carbonyl (C=O) groups is 2. The predicted molar refractivity (Wildman–Crippen MR) is 138 cm³/mol. The number of hydrogen-bond acceptors (Lipinski definition) is 6. The largest absolute Gasteiger partial charge is 0.353 e. The lowest BCUT2D eigenvalue weighted by atomic mass is 9.60. The molecule has 1 unspecified atom stereocenters. The van der Waals surface area contributed by atoms with Gasteiger partial charge in [0.15, 0.2) is 0 Å². The van der Waals surface area contributed by atoms with E-state index in [0.29, 0.717) is 44.0 Å². The summed E-state index contributed by atoms with van der Waals surface area (Å²) in [5, 5.41) is 2.55. The zero-order valence-corrected chi connectivity index (χ0v) is 20.9. The highest BCUT2D eigenvalue weighted by Crippen LogP contribution is 2.47. The summed E-state index contributed by atoms with van der Waals surface area (Å²) in [7, 11) is 0. The van der Waals surface area contributed by atoms with E-state index in [4.69, 9.17) is 16.5 Å². The zero-order valence-electron chi connectivity index (χ0n) is 20.9. The lowest BCUT2D eigenvalue weighted by Crippen LogP contribution is -2.69. The summed E-state index contributed by atoms with van der Waals surface area (Å²) in [4.78, 5) is 34.4. The maximum Gasteiger partial charge on any atom is 0.242 e. The number of nitrogens with two attached hydrogens (primary N) is 2. The molecule has 190 valence electrons. The second-order valence-electron chi connectivity index (χ2n) is 10.7. The van der Waals surface area contributed by atoms with Crippen molar-refractivity contribution in [3.8, 4) is 0 Å². The van der Waals surface area contributed by atoms with E-state index in [9.17, 15) is 9.59 Å². The molecular weight excluding hydrogens is 442 g/mol. The molecular formula is C26H39N7O2. The Morgan fingerprint density at radius 1 is 1.17 bits per heavy atom. The van der Waals surface area contributed by atoms with E-state index >= 15 is 0 Å². The minimum Gasteiger partial charge on any atom is -0.353 e. The van der Waals surface area contributed by atoms with Crippen LogP contribution in [0.5, 0.6) is 0 Å². The van der Waals surface area contributed by atoms with Crippen LogP contribution >= 0.6 is 0 Å². The molecule has 4 rings (SSSR count). The second kappa shape index (κ2) is 10.5. The summed E-state index contributed by atoms with van der Waals surface area (Å²) in [6.45, 7) is 9.25. The van der Waals surface area contributed by atoms with Crippen molar-refractivity contribution in [2.45, 2.75) is 44.7 Å². The van der Waals surface area contributed by atoms with Gasteiger partial charge in [0.2, 0.25) is 12.3 Å². The average Bonchev–Trinajstić information content (AvgIpc) is 2.81. The van der Waals surface area contributed by atoms with Gasteiger partial charge in [-0.15, -0.1) is 0 Å². The van der Waals surface area contributed by atoms with Crippen LogP contribution in [-0.2, 0) is 16.0 Å².